The summed E-state index contributed by atoms with van der Waals surface area (Å²) in [6.45, 7) is 0. The maximum atomic E-state index is 11.1. The number of aromatic nitrogens is 1. The number of pyridine rings is 1. The fourth-order valence-electron chi connectivity index (χ4n) is 1.60. The second-order valence-corrected chi connectivity index (χ2v) is 3.85. The molecule has 18 heavy (non-hydrogen) atoms. The normalized spacial score (nSPS) is 10.1. The first-order chi connectivity index (χ1) is 8.65. The van der Waals surface area contributed by atoms with Gasteiger partial charge in [-0.05, 0) is 24.3 Å². The summed E-state index contributed by atoms with van der Waals surface area (Å²) in [7, 11) is 0. The topological polar surface area (TPSA) is 85.4 Å². The summed E-state index contributed by atoms with van der Waals surface area (Å²) >= 11 is 6.01. The number of para-hydroxylation sites is 1. The summed E-state index contributed by atoms with van der Waals surface area (Å²) in [4.78, 5) is 19.8. The van der Waals surface area contributed by atoms with Crippen molar-refractivity contribution in [2.24, 2.45) is 5.90 Å². The minimum atomic E-state index is -1.13. The van der Waals surface area contributed by atoms with Gasteiger partial charge in [0.2, 0.25) is 0 Å². The number of benzene rings is 1. The van der Waals surface area contributed by atoms with Gasteiger partial charge >= 0.3 is 5.97 Å². The molecule has 0 amide bonds. The van der Waals surface area contributed by atoms with Gasteiger partial charge in [-0.2, -0.15) is 5.90 Å². The van der Waals surface area contributed by atoms with Crippen molar-refractivity contribution >= 4 is 17.6 Å². The van der Waals surface area contributed by atoms with Crippen LogP contribution in [0.3, 0.4) is 0 Å². The number of hydrogen-bond donors (Lipinski definition) is 2. The maximum Gasteiger partial charge on any atom is 0.339 e. The van der Waals surface area contributed by atoms with Crippen LogP contribution in [0.15, 0.2) is 36.5 Å². The number of nitrogens with two attached hydrogens (primary N) is 1. The molecule has 3 N–H and O–H groups in total. The number of halogens is 1. The molecule has 6 heteroatoms. The lowest BCUT2D eigenvalue weighted by Gasteiger charge is -2.10. The monoisotopic (exact) mass is 264 g/mol. The van der Waals surface area contributed by atoms with Crippen LogP contribution < -0.4 is 10.7 Å². The molecule has 5 nitrogen and oxygen atoms in total. The maximum absolute atomic E-state index is 11.1. The molecule has 0 saturated carbocycles. The van der Waals surface area contributed by atoms with Crippen molar-refractivity contribution in [1.82, 2.24) is 4.98 Å². The van der Waals surface area contributed by atoms with Gasteiger partial charge in [0.05, 0.1) is 10.7 Å². The summed E-state index contributed by atoms with van der Waals surface area (Å²) in [6.07, 6.45) is 1.55. The Balaban J connectivity index is 2.69. The third kappa shape index (κ3) is 2.13. The minimum Gasteiger partial charge on any atom is -0.478 e. The molecule has 2 aromatic rings. The molecule has 0 spiro atoms. The molecular formula is C12H9ClN2O3. The lowest BCUT2D eigenvalue weighted by molar-refractivity contribution is 0.0692. The van der Waals surface area contributed by atoms with Crippen molar-refractivity contribution in [2.45, 2.75) is 0 Å². The van der Waals surface area contributed by atoms with E-state index in [9.17, 15) is 4.79 Å². The number of rotatable bonds is 3. The van der Waals surface area contributed by atoms with Crippen molar-refractivity contribution < 1.29 is 14.7 Å². The Morgan fingerprint density at radius 3 is 2.72 bits per heavy atom. The standard InChI is InChI=1S/C12H9ClN2O3/c13-9-5-2-6-15-10(9)7-3-1-4-8(12(16)17)11(7)18-14/h1-6H,14H2,(H,16,17). The highest BCUT2D eigenvalue weighted by Crippen LogP contribution is 2.35. The van der Waals surface area contributed by atoms with Crippen molar-refractivity contribution in [3.63, 3.8) is 0 Å². The van der Waals surface area contributed by atoms with E-state index >= 15 is 0 Å². The SMILES string of the molecule is NOc1c(C(=O)O)cccc1-c1ncccc1Cl. The summed E-state index contributed by atoms with van der Waals surface area (Å²) in [5, 5.41) is 9.44. The van der Waals surface area contributed by atoms with Gasteiger partial charge in [0, 0.05) is 11.8 Å². The lowest BCUT2D eigenvalue weighted by atomic mass is 10.1. The minimum absolute atomic E-state index is 0.0330. The molecule has 0 aliphatic heterocycles. The van der Waals surface area contributed by atoms with Crippen LogP contribution in [0.25, 0.3) is 11.3 Å². The quantitative estimate of drug-likeness (QED) is 0.831. The number of carboxylic acid groups (broad SMARTS) is 1. The van der Waals surface area contributed by atoms with E-state index in [2.05, 4.69) is 9.82 Å². The highest BCUT2D eigenvalue weighted by molar-refractivity contribution is 6.33. The molecule has 0 atom stereocenters. The van der Waals surface area contributed by atoms with Crippen LogP contribution >= 0.6 is 11.6 Å². The number of nitrogens with zero attached hydrogens (tertiary/aromatic N) is 1. The molecule has 1 aromatic carbocycles. The Hall–Kier alpha value is -2.11. The van der Waals surface area contributed by atoms with Crippen molar-refractivity contribution in [3.8, 4) is 17.0 Å². The van der Waals surface area contributed by atoms with Gasteiger partial charge in [0.1, 0.15) is 5.56 Å². The largest absolute Gasteiger partial charge is 0.478 e. The fraction of sp³-hybridized carbons (Fsp3) is 0. The molecule has 92 valence electrons. The van der Waals surface area contributed by atoms with Gasteiger partial charge < -0.3 is 9.94 Å². The third-order valence-corrected chi connectivity index (χ3v) is 2.68. The lowest BCUT2D eigenvalue weighted by Crippen LogP contribution is -2.09. The average molecular weight is 265 g/mol. The molecule has 0 aliphatic carbocycles. The van der Waals surface area contributed by atoms with Crippen LogP contribution in [0.2, 0.25) is 5.02 Å². The van der Waals surface area contributed by atoms with E-state index in [0.717, 1.165) is 0 Å². The van der Waals surface area contributed by atoms with Crippen LogP contribution in [-0.2, 0) is 0 Å². The fourth-order valence-corrected chi connectivity index (χ4v) is 1.83. The number of carbonyl (C=O) groups is 1. The molecular weight excluding hydrogens is 256 g/mol. The summed E-state index contributed by atoms with van der Waals surface area (Å²) in [5.41, 5.74) is 0.808. The molecule has 2 rings (SSSR count). The molecule has 1 heterocycles. The van der Waals surface area contributed by atoms with Gasteiger partial charge in [0.15, 0.2) is 5.75 Å². The Morgan fingerprint density at radius 1 is 1.33 bits per heavy atom. The van der Waals surface area contributed by atoms with Crippen LogP contribution in [0.1, 0.15) is 10.4 Å². The third-order valence-electron chi connectivity index (χ3n) is 2.38. The summed E-state index contributed by atoms with van der Waals surface area (Å²) in [6, 6.07) is 7.94. The first-order valence-electron chi connectivity index (χ1n) is 4.99. The molecule has 0 fully saturated rings. The second-order valence-electron chi connectivity index (χ2n) is 3.44. The predicted octanol–water partition coefficient (Wildman–Crippen LogP) is 2.35. The zero-order chi connectivity index (χ0) is 13.1. The van der Waals surface area contributed by atoms with E-state index in [1.54, 1.807) is 30.5 Å². The Morgan fingerprint density at radius 2 is 2.11 bits per heavy atom. The Kier molecular flexibility index (Phi) is 3.45. The van der Waals surface area contributed by atoms with Crippen LogP contribution in [0.4, 0.5) is 0 Å². The van der Waals surface area contributed by atoms with Crippen LogP contribution in [0, 0.1) is 0 Å². The van der Waals surface area contributed by atoms with E-state index in [1.165, 1.54) is 6.07 Å². The van der Waals surface area contributed by atoms with Gasteiger partial charge in [0.25, 0.3) is 0 Å². The molecule has 0 unspecified atom stereocenters. The molecule has 0 bridgehead atoms. The molecule has 0 radical (unpaired) electrons. The van der Waals surface area contributed by atoms with Crippen molar-refractivity contribution in [1.29, 1.82) is 0 Å². The number of hydrogen-bond acceptors (Lipinski definition) is 4. The van der Waals surface area contributed by atoms with E-state index in [4.69, 9.17) is 22.6 Å². The summed E-state index contributed by atoms with van der Waals surface area (Å²) in [5.74, 6) is 4.04. The highest BCUT2D eigenvalue weighted by atomic mass is 35.5. The van der Waals surface area contributed by atoms with E-state index in [-0.39, 0.29) is 11.3 Å². The average Bonchev–Trinajstić information content (AvgIpc) is 2.38. The van der Waals surface area contributed by atoms with Crippen molar-refractivity contribution in [2.75, 3.05) is 0 Å². The molecule has 0 saturated heterocycles. The van der Waals surface area contributed by atoms with Crippen LogP contribution in [0.5, 0.6) is 5.75 Å². The van der Waals surface area contributed by atoms with E-state index in [0.29, 0.717) is 16.3 Å². The Bertz CT molecular complexity index is 602. The van der Waals surface area contributed by atoms with Gasteiger partial charge in [-0.15, -0.1) is 0 Å². The second kappa shape index (κ2) is 5.03. The van der Waals surface area contributed by atoms with Gasteiger partial charge in [-0.25, -0.2) is 4.79 Å². The smallest absolute Gasteiger partial charge is 0.339 e. The van der Waals surface area contributed by atoms with Gasteiger partial charge in [-0.1, -0.05) is 17.7 Å². The zero-order valence-electron chi connectivity index (χ0n) is 9.13. The predicted molar refractivity (Wildman–Crippen MR) is 66.5 cm³/mol. The number of aromatic carboxylic acids is 1. The highest BCUT2D eigenvalue weighted by Gasteiger charge is 2.18. The zero-order valence-corrected chi connectivity index (χ0v) is 9.89. The summed E-state index contributed by atoms with van der Waals surface area (Å²) < 4.78 is 0. The first-order valence-corrected chi connectivity index (χ1v) is 5.37. The van der Waals surface area contributed by atoms with Gasteiger partial charge in [-0.3, -0.25) is 4.98 Å². The van der Waals surface area contributed by atoms with Crippen molar-refractivity contribution in [3.05, 3.63) is 47.1 Å². The van der Waals surface area contributed by atoms with Crippen LogP contribution in [-0.4, -0.2) is 16.1 Å². The van der Waals surface area contributed by atoms with E-state index in [1.807, 2.05) is 0 Å². The molecule has 0 aliphatic rings. The first kappa shape index (κ1) is 12.3. The number of carboxylic acids is 1. The Labute approximate surface area is 108 Å². The molecule has 1 aromatic heterocycles. The van der Waals surface area contributed by atoms with E-state index < -0.39 is 5.97 Å².